The first-order valence-corrected chi connectivity index (χ1v) is 8.37. The van der Waals surface area contributed by atoms with Crippen molar-refractivity contribution in [3.05, 3.63) is 30.1 Å². The SMILES string of the molecule is CCNC1CCC(C)CC1CN(CC)c1ccc(F)cc1. The Morgan fingerprint density at radius 3 is 2.52 bits per heavy atom. The van der Waals surface area contributed by atoms with E-state index in [2.05, 4.69) is 31.0 Å². The van der Waals surface area contributed by atoms with E-state index in [4.69, 9.17) is 0 Å². The fourth-order valence-electron chi connectivity index (χ4n) is 3.58. The maximum atomic E-state index is 13.1. The second-order valence-electron chi connectivity index (χ2n) is 6.36. The van der Waals surface area contributed by atoms with Crippen LogP contribution in [0.4, 0.5) is 10.1 Å². The average Bonchev–Trinajstić information content (AvgIpc) is 2.48. The summed E-state index contributed by atoms with van der Waals surface area (Å²) in [6, 6.07) is 7.54. The normalized spacial score (nSPS) is 25.8. The molecular formula is C18H29FN2. The van der Waals surface area contributed by atoms with Crippen LogP contribution < -0.4 is 10.2 Å². The minimum absolute atomic E-state index is 0.161. The molecule has 21 heavy (non-hydrogen) atoms. The van der Waals surface area contributed by atoms with E-state index in [-0.39, 0.29) is 5.82 Å². The van der Waals surface area contributed by atoms with Crippen molar-refractivity contribution in [3.8, 4) is 0 Å². The van der Waals surface area contributed by atoms with Crippen molar-refractivity contribution in [1.29, 1.82) is 0 Å². The van der Waals surface area contributed by atoms with E-state index < -0.39 is 0 Å². The number of anilines is 1. The number of hydrogen-bond acceptors (Lipinski definition) is 2. The molecule has 3 atom stereocenters. The summed E-state index contributed by atoms with van der Waals surface area (Å²) in [5.41, 5.74) is 1.13. The molecule has 0 spiro atoms. The van der Waals surface area contributed by atoms with E-state index >= 15 is 0 Å². The van der Waals surface area contributed by atoms with E-state index in [9.17, 15) is 4.39 Å². The van der Waals surface area contributed by atoms with Gasteiger partial charge < -0.3 is 10.2 Å². The Labute approximate surface area is 128 Å². The molecule has 0 aromatic heterocycles. The molecule has 1 saturated carbocycles. The second-order valence-corrected chi connectivity index (χ2v) is 6.36. The Balaban J connectivity index is 2.05. The quantitative estimate of drug-likeness (QED) is 0.850. The predicted molar refractivity (Wildman–Crippen MR) is 88.3 cm³/mol. The molecule has 1 aliphatic carbocycles. The highest BCUT2D eigenvalue weighted by atomic mass is 19.1. The summed E-state index contributed by atoms with van der Waals surface area (Å²) in [6.45, 7) is 9.80. The van der Waals surface area contributed by atoms with Crippen LogP contribution in [-0.2, 0) is 0 Å². The Morgan fingerprint density at radius 2 is 1.90 bits per heavy atom. The number of halogens is 1. The van der Waals surface area contributed by atoms with Gasteiger partial charge in [-0.2, -0.15) is 0 Å². The number of rotatable bonds is 6. The zero-order valence-electron chi connectivity index (χ0n) is 13.6. The standard InChI is InChI=1S/C18H29FN2/c1-4-20-18-11-6-14(3)12-15(18)13-21(5-2)17-9-7-16(19)8-10-17/h7-10,14-15,18,20H,4-6,11-13H2,1-3H3. The van der Waals surface area contributed by atoms with Crippen LogP contribution in [0.2, 0.25) is 0 Å². The smallest absolute Gasteiger partial charge is 0.123 e. The highest BCUT2D eigenvalue weighted by Gasteiger charge is 2.29. The van der Waals surface area contributed by atoms with E-state index in [0.717, 1.165) is 31.2 Å². The molecule has 3 unspecified atom stereocenters. The molecule has 0 amide bonds. The van der Waals surface area contributed by atoms with Crippen molar-refractivity contribution in [3.63, 3.8) is 0 Å². The van der Waals surface area contributed by atoms with Crippen LogP contribution >= 0.6 is 0 Å². The van der Waals surface area contributed by atoms with Gasteiger partial charge in [0, 0.05) is 24.8 Å². The van der Waals surface area contributed by atoms with Gasteiger partial charge in [-0.3, -0.25) is 0 Å². The molecule has 0 bridgehead atoms. The zero-order chi connectivity index (χ0) is 15.2. The third-order valence-electron chi connectivity index (χ3n) is 4.74. The average molecular weight is 292 g/mol. The van der Waals surface area contributed by atoms with Crippen molar-refractivity contribution < 1.29 is 4.39 Å². The van der Waals surface area contributed by atoms with Crippen LogP contribution in [-0.4, -0.2) is 25.7 Å². The molecular weight excluding hydrogens is 263 g/mol. The molecule has 1 aromatic carbocycles. The highest BCUT2D eigenvalue weighted by molar-refractivity contribution is 5.46. The lowest BCUT2D eigenvalue weighted by Gasteiger charge is -2.39. The summed E-state index contributed by atoms with van der Waals surface area (Å²) in [7, 11) is 0. The summed E-state index contributed by atoms with van der Waals surface area (Å²) in [4.78, 5) is 2.38. The first kappa shape index (κ1) is 16.3. The lowest BCUT2D eigenvalue weighted by Crippen LogP contribution is -2.45. The first-order valence-electron chi connectivity index (χ1n) is 8.37. The van der Waals surface area contributed by atoms with Crippen LogP contribution in [0.15, 0.2) is 24.3 Å². The fraction of sp³-hybridized carbons (Fsp3) is 0.667. The third-order valence-corrected chi connectivity index (χ3v) is 4.74. The van der Waals surface area contributed by atoms with Gasteiger partial charge in [-0.1, -0.05) is 13.8 Å². The lowest BCUT2D eigenvalue weighted by molar-refractivity contribution is 0.218. The van der Waals surface area contributed by atoms with Gasteiger partial charge in [-0.05, 0) is 68.8 Å². The summed E-state index contributed by atoms with van der Waals surface area (Å²) < 4.78 is 13.1. The number of benzene rings is 1. The Kier molecular flexibility index (Phi) is 6.04. The predicted octanol–water partition coefficient (Wildman–Crippen LogP) is 4.07. The van der Waals surface area contributed by atoms with Gasteiger partial charge in [-0.25, -0.2) is 4.39 Å². The van der Waals surface area contributed by atoms with E-state index in [1.165, 1.54) is 19.3 Å². The van der Waals surface area contributed by atoms with Crippen LogP contribution in [0.5, 0.6) is 0 Å². The maximum absolute atomic E-state index is 13.1. The summed E-state index contributed by atoms with van der Waals surface area (Å²) in [6.07, 6.45) is 3.90. The Morgan fingerprint density at radius 1 is 1.19 bits per heavy atom. The summed E-state index contributed by atoms with van der Waals surface area (Å²) in [5.74, 6) is 1.34. The minimum Gasteiger partial charge on any atom is -0.371 e. The molecule has 0 radical (unpaired) electrons. The molecule has 2 nitrogen and oxygen atoms in total. The second kappa shape index (κ2) is 7.79. The topological polar surface area (TPSA) is 15.3 Å². The molecule has 0 aliphatic heterocycles. The zero-order valence-corrected chi connectivity index (χ0v) is 13.6. The van der Waals surface area contributed by atoms with Crippen LogP contribution in [0, 0.1) is 17.7 Å². The Hall–Kier alpha value is -1.09. The van der Waals surface area contributed by atoms with Gasteiger partial charge >= 0.3 is 0 Å². The molecule has 1 aromatic rings. The molecule has 118 valence electrons. The lowest BCUT2D eigenvalue weighted by atomic mass is 9.78. The van der Waals surface area contributed by atoms with Crippen LogP contribution in [0.25, 0.3) is 0 Å². The molecule has 1 fully saturated rings. The van der Waals surface area contributed by atoms with Gasteiger partial charge in [0.1, 0.15) is 5.82 Å². The third kappa shape index (κ3) is 4.44. The van der Waals surface area contributed by atoms with E-state index in [0.29, 0.717) is 12.0 Å². The number of nitrogens with one attached hydrogen (secondary N) is 1. The summed E-state index contributed by atoms with van der Waals surface area (Å²) >= 11 is 0. The molecule has 2 rings (SSSR count). The maximum Gasteiger partial charge on any atom is 0.123 e. The molecule has 1 aliphatic rings. The monoisotopic (exact) mass is 292 g/mol. The fourth-order valence-corrected chi connectivity index (χ4v) is 3.58. The van der Waals surface area contributed by atoms with E-state index in [1.54, 1.807) is 12.1 Å². The largest absolute Gasteiger partial charge is 0.371 e. The van der Waals surface area contributed by atoms with Crippen molar-refractivity contribution in [2.24, 2.45) is 11.8 Å². The van der Waals surface area contributed by atoms with Crippen molar-refractivity contribution in [2.45, 2.75) is 46.1 Å². The molecule has 3 heteroatoms. The van der Waals surface area contributed by atoms with Crippen LogP contribution in [0.3, 0.4) is 0 Å². The van der Waals surface area contributed by atoms with Crippen molar-refractivity contribution in [2.75, 3.05) is 24.5 Å². The first-order chi connectivity index (χ1) is 10.1. The van der Waals surface area contributed by atoms with E-state index in [1.807, 2.05) is 12.1 Å². The minimum atomic E-state index is -0.161. The number of nitrogens with zero attached hydrogens (tertiary/aromatic N) is 1. The van der Waals surface area contributed by atoms with Gasteiger partial charge in [0.25, 0.3) is 0 Å². The Bertz CT molecular complexity index is 418. The molecule has 0 saturated heterocycles. The molecule has 1 N–H and O–H groups in total. The van der Waals surface area contributed by atoms with Gasteiger partial charge in [0.2, 0.25) is 0 Å². The number of hydrogen-bond donors (Lipinski definition) is 1. The highest BCUT2D eigenvalue weighted by Crippen LogP contribution is 2.31. The molecule has 0 heterocycles. The van der Waals surface area contributed by atoms with Gasteiger partial charge in [0.15, 0.2) is 0 Å². The van der Waals surface area contributed by atoms with Crippen LogP contribution in [0.1, 0.15) is 40.0 Å². The van der Waals surface area contributed by atoms with Crippen molar-refractivity contribution in [1.82, 2.24) is 5.32 Å². The van der Waals surface area contributed by atoms with Crippen molar-refractivity contribution >= 4 is 5.69 Å². The summed E-state index contributed by atoms with van der Waals surface area (Å²) in [5, 5.41) is 3.66. The van der Waals surface area contributed by atoms with Gasteiger partial charge in [-0.15, -0.1) is 0 Å². The van der Waals surface area contributed by atoms with Gasteiger partial charge in [0.05, 0.1) is 0 Å².